The third-order valence-corrected chi connectivity index (χ3v) is 3.49. The molecule has 0 spiro atoms. The van der Waals surface area contributed by atoms with Gasteiger partial charge in [-0.05, 0) is 24.3 Å². The molecule has 122 valence electrons. The molecule has 24 heavy (non-hydrogen) atoms. The third kappa shape index (κ3) is 2.74. The van der Waals surface area contributed by atoms with Gasteiger partial charge < -0.3 is 20.3 Å². The summed E-state index contributed by atoms with van der Waals surface area (Å²) in [6, 6.07) is 13.1. The summed E-state index contributed by atoms with van der Waals surface area (Å²) in [6.07, 6.45) is 0.545. The lowest BCUT2D eigenvalue weighted by Crippen LogP contribution is -2.05. The van der Waals surface area contributed by atoms with E-state index in [2.05, 4.69) is 10.4 Å². The van der Waals surface area contributed by atoms with Gasteiger partial charge in [-0.2, -0.15) is 5.10 Å². The maximum atomic E-state index is 10.9. The Bertz CT molecular complexity index is 889. The number of nitrogens with one attached hydrogen (secondary N) is 1. The molecule has 0 radical (unpaired) electrons. The van der Waals surface area contributed by atoms with Crippen molar-refractivity contribution < 1.29 is 19.7 Å². The fraction of sp³-hybridized carbons (Fsp3) is 0.0588. The van der Waals surface area contributed by atoms with Crippen molar-refractivity contribution >= 4 is 12.2 Å². The van der Waals surface area contributed by atoms with E-state index in [9.17, 15) is 15.0 Å². The summed E-state index contributed by atoms with van der Waals surface area (Å²) in [6.45, 7) is 0. The first-order valence-electron chi connectivity index (χ1n) is 7.10. The molecule has 2 aromatic carbocycles. The molecule has 0 saturated carbocycles. The summed E-state index contributed by atoms with van der Waals surface area (Å²) in [5.41, 5.74) is 1.49. The highest BCUT2D eigenvalue weighted by atomic mass is 16.5. The maximum Gasteiger partial charge on any atom is 0.212 e. The number of methoxy groups -OCH3 is 1. The van der Waals surface area contributed by atoms with E-state index in [1.807, 2.05) is 12.1 Å². The molecular formula is C17H15N3O4. The van der Waals surface area contributed by atoms with E-state index in [1.54, 1.807) is 31.4 Å². The van der Waals surface area contributed by atoms with Crippen molar-refractivity contribution in [2.24, 2.45) is 0 Å². The normalized spacial score (nSPS) is 10.4. The zero-order valence-electron chi connectivity index (χ0n) is 12.8. The van der Waals surface area contributed by atoms with Gasteiger partial charge in [-0.1, -0.05) is 12.1 Å². The molecule has 1 amide bonds. The van der Waals surface area contributed by atoms with Crippen molar-refractivity contribution in [3.63, 3.8) is 0 Å². The van der Waals surface area contributed by atoms with Crippen molar-refractivity contribution in [3.05, 3.63) is 48.5 Å². The maximum absolute atomic E-state index is 10.9. The van der Waals surface area contributed by atoms with Crippen molar-refractivity contribution in [1.29, 1.82) is 0 Å². The van der Waals surface area contributed by atoms with Crippen molar-refractivity contribution in [2.75, 3.05) is 12.4 Å². The monoisotopic (exact) mass is 325 g/mol. The van der Waals surface area contributed by atoms with E-state index < -0.39 is 0 Å². The number of hydrogen-bond donors (Lipinski definition) is 3. The fourth-order valence-electron chi connectivity index (χ4n) is 2.40. The number of ether oxygens (including phenoxy) is 1. The minimum atomic E-state index is -0.114. The van der Waals surface area contributed by atoms with E-state index >= 15 is 0 Å². The van der Waals surface area contributed by atoms with Crippen LogP contribution in [0.1, 0.15) is 0 Å². The molecule has 3 rings (SSSR count). The first-order valence-corrected chi connectivity index (χ1v) is 7.10. The number of rotatable bonds is 5. The molecule has 7 heteroatoms. The molecular weight excluding hydrogens is 310 g/mol. The number of anilines is 1. The standard InChI is InChI=1S/C17H15N3O4/c1-24-16-5-3-2-4-14(16)20-17(18-10-21)9-13(19-20)12-7-6-11(22)8-15(12)23/h2-10,22-23H,1H3,(H,18,21). The summed E-state index contributed by atoms with van der Waals surface area (Å²) in [5.74, 6) is 0.831. The van der Waals surface area contributed by atoms with E-state index in [0.29, 0.717) is 34.9 Å². The largest absolute Gasteiger partial charge is 0.508 e. The summed E-state index contributed by atoms with van der Waals surface area (Å²) >= 11 is 0. The topological polar surface area (TPSA) is 96.6 Å². The number of phenolic OH excluding ortho intramolecular Hbond substituents is 2. The van der Waals surface area contributed by atoms with Crippen LogP contribution in [0, 0.1) is 0 Å². The van der Waals surface area contributed by atoms with Gasteiger partial charge in [0.15, 0.2) is 0 Å². The number of amides is 1. The Hall–Kier alpha value is -3.48. The SMILES string of the molecule is COc1ccccc1-n1nc(-c2ccc(O)cc2O)cc1NC=O. The lowest BCUT2D eigenvalue weighted by molar-refractivity contribution is -0.105. The number of phenols is 2. The van der Waals surface area contributed by atoms with Crippen LogP contribution in [-0.4, -0.2) is 33.5 Å². The van der Waals surface area contributed by atoms with E-state index in [4.69, 9.17) is 4.74 Å². The molecule has 0 unspecified atom stereocenters. The van der Waals surface area contributed by atoms with E-state index in [1.165, 1.54) is 16.8 Å². The molecule has 1 heterocycles. The van der Waals surface area contributed by atoms with Crippen molar-refractivity contribution in [2.45, 2.75) is 0 Å². The minimum Gasteiger partial charge on any atom is -0.508 e. The van der Waals surface area contributed by atoms with Crippen LogP contribution in [0.5, 0.6) is 17.2 Å². The number of carbonyl (C=O) groups excluding carboxylic acids is 1. The Morgan fingerprint density at radius 2 is 1.96 bits per heavy atom. The second-order valence-corrected chi connectivity index (χ2v) is 4.96. The molecule has 0 saturated heterocycles. The van der Waals surface area contributed by atoms with Crippen molar-refractivity contribution in [3.8, 4) is 34.2 Å². The number of aromatic nitrogens is 2. The minimum absolute atomic E-state index is 0.0494. The molecule has 0 aliphatic rings. The molecule has 7 nitrogen and oxygen atoms in total. The van der Waals surface area contributed by atoms with E-state index in [-0.39, 0.29) is 11.5 Å². The van der Waals surface area contributed by atoms with Gasteiger partial charge in [-0.15, -0.1) is 0 Å². The molecule has 0 aliphatic heterocycles. The highest BCUT2D eigenvalue weighted by molar-refractivity contribution is 5.76. The van der Waals surface area contributed by atoms with Crippen LogP contribution < -0.4 is 10.1 Å². The lowest BCUT2D eigenvalue weighted by Gasteiger charge is -2.10. The van der Waals surface area contributed by atoms with Crippen LogP contribution in [0.4, 0.5) is 5.82 Å². The molecule has 0 fully saturated rings. The molecule has 3 aromatic rings. The Balaban J connectivity index is 2.16. The highest BCUT2D eigenvalue weighted by Gasteiger charge is 2.16. The van der Waals surface area contributed by atoms with Gasteiger partial charge in [0.05, 0.1) is 12.8 Å². The lowest BCUT2D eigenvalue weighted by atomic mass is 10.1. The number of nitrogens with zero attached hydrogens (tertiary/aromatic N) is 2. The van der Waals surface area contributed by atoms with Gasteiger partial charge in [-0.25, -0.2) is 4.68 Å². The number of benzene rings is 2. The molecule has 0 atom stereocenters. The quantitative estimate of drug-likeness (QED) is 0.626. The number of carbonyl (C=O) groups is 1. The van der Waals surface area contributed by atoms with Gasteiger partial charge in [0.1, 0.15) is 28.8 Å². The Kier molecular flexibility index (Phi) is 4.07. The Morgan fingerprint density at radius 3 is 2.67 bits per heavy atom. The number of aromatic hydroxyl groups is 2. The smallest absolute Gasteiger partial charge is 0.212 e. The zero-order valence-corrected chi connectivity index (χ0v) is 12.8. The van der Waals surface area contributed by atoms with Crippen LogP contribution in [0.2, 0.25) is 0 Å². The van der Waals surface area contributed by atoms with Crippen LogP contribution >= 0.6 is 0 Å². The van der Waals surface area contributed by atoms with Gasteiger partial charge in [0, 0.05) is 17.7 Å². The molecule has 0 aliphatic carbocycles. The van der Waals surface area contributed by atoms with Crippen LogP contribution in [-0.2, 0) is 4.79 Å². The zero-order chi connectivity index (χ0) is 17.1. The average Bonchev–Trinajstić information content (AvgIpc) is 2.98. The van der Waals surface area contributed by atoms with Crippen LogP contribution in [0.15, 0.2) is 48.5 Å². The predicted molar refractivity (Wildman–Crippen MR) is 88.6 cm³/mol. The van der Waals surface area contributed by atoms with Gasteiger partial charge in [0.2, 0.25) is 6.41 Å². The molecule has 0 bridgehead atoms. The highest BCUT2D eigenvalue weighted by Crippen LogP contribution is 2.34. The third-order valence-electron chi connectivity index (χ3n) is 3.49. The summed E-state index contributed by atoms with van der Waals surface area (Å²) in [4.78, 5) is 10.9. The molecule has 1 aromatic heterocycles. The summed E-state index contributed by atoms with van der Waals surface area (Å²) in [7, 11) is 1.54. The second-order valence-electron chi connectivity index (χ2n) is 4.96. The first kappa shape index (κ1) is 15.4. The van der Waals surface area contributed by atoms with Gasteiger partial charge >= 0.3 is 0 Å². The van der Waals surface area contributed by atoms with E-state index in [0.717, 1.165) is 0 Å². The first-order chi connectivity index (χ1) is 11.6. The predicted octanol–water partition coefficient (Wildman–Crippen LogP) is 2.53. The number of hydrogen-bond acceptors (Lipinski definition) is 5. The van der Waals surface area contributed by atoms with Crippen LogP contribution in [0.25, 0.3) is 16.9 Å². The average molecular weight is 325 g/mol. The van der Waals surface area contributed by atoms with Gasteiger partial charge in [-0.3, -0.25) is 4.79 Å². The summed E-state index contributed by atoms with van der Waals surface area (Å²) in [5, 5.41) is 26.5. The van der Waals surface area contributed by atoms with Crippen LogP contribution in [0.3, 0.4) is 0 Å². The fourth-order valence-corrected chi connectivity index (χ4v) is 2.40. The van der Waals surface area contributed by atoms with Crippen molar-refractivity contribution in [1.82, 2.24) is 9.78 Å². The van der Waals surface area contributed by atoms with Gasteiger partial charge in [0.25, 0.3) is 0 Å². The summed E-state index contributed by atoms with van der Waals surface area (Å²) < 4.78 is 6.84. The molecule has 3 N–H and O–H groups in total. The number of para-hydroxylation sites is 2. The Morgan fingerprint density at radius 1 is 1.17 bits per heavy atom. The Labute approximate surface area is 137 Å². The second kappa shape index (κ2) is 6.33.